The van der Waals surface area contributed by atoms with E-state index in [9.17, 15) is 14.7 Å². The Morgan fingerprint density at radius 2 is 1.58 bits per heavy atom. The monoisotopic (exact) mass is 259 g/mol. The minimum atomic E-state index is -0.866. The van der Waals surface area contributed by atoms with Crippen molar-refractivity contribution < 1.29 is 14.7 Å². The van der Waals surface area contributed by atoms with Crippen molar-refractivity contribution in [1.82, 2.24) is 4.90 Å². The summed E-state index contributed by atoms with van der Waals surface area (Å²) in [4.78, 5) is 26.0. The van der Waals surface area contributed by atoms with Gasteiger partial charge < -0.3 is 5.11 Å². The van der Waals surface area contributed by atoms with Crippen LogP contribution in [0.2, 0.25) is 0 Å². The summed E-state index contributed by atoms with van der Waals surface area (Å²) < 4.78 is 0. The molecule has 1 N–H and O–H groups in total. The summed E-state index contributed by atoms with van der Waals surface area (Å²) in [5.74, 6) is -0.525. The molecule has 0 unspecified atom stereocenters. The third-order valence-electron chi connectivity index (χ3n) is 4.28. The highest BCUT2D eigenvalue weighted by atomic mass is 16.3. The van der Waals surface area contributed by atoms with Gasteiger partial charge in [-0.05, 0) is 44.2 Å². The lowest BCUT2D eigenvalue weighted by Gasteiger charge is -2.38. The largest absolute Gasteiger partial charge is 0.388 e. The summed E-state index contributed by atoms with van der Waals surface area (Å²) >= 11 is 0. The number of imide groups is 1. The second-order valence-electron chi connectivity index (χ2n) is 5.72. The molecule has 4 nitrogen and oxygen atoms in total. The van der Waals surface area contributed by atoms with Crippen LogP contribution in [-0.2, 0) is 0 Å². The number of carbonyl (C=O) groups is 2. The van der Waals surface area contributed by atoms with Gasteiger partial charge in [-0.15, -0.1) is 0 Å². The van der Waals surface area contributed by atoms with Gasteiger partial charge in [-0.25, -0.2) is 0 Å². The van der Waals surface area contributed by atoms with Gasteiger partial charge in [0.1, 0.15) is 0 Å². The van der Waals surface area contributed by atoms with Crippen molar-refractivity contribution >= 4 is 11.8 Å². The van der Waals surface area contributed by atoms with E-state index in [1.165, 1.54) is 4.90 Å². The molecule has 0 bridgehead atoms. The van der Waals surface area contributed by atoms with E-state index in [1.807, 2.05) is 26.0 Å². The van der Waals surface area contributed by atoms with Gasteiger partial charge in [0, 0.05) is 0 Å². The minimum Gasteiger partial charge on any atom is -0.388 e. The quantitative estimate of drug-likeness (QED) is 0.824. The van der Waals surface area contributed by atoms with Crippen LogP contribution in [0.15, 0.2) is 12.1 Å². The van der Waals surface area contributed by atoms with E-state index >= 15 is 0 Å². The van der Waals surface area contributed by atoms with E-state index in [4.69, 9.17) is 0 Å². The fraction of sp³-hybridized carbons (Fsp3) is 0.467. The third-order valence-corrected chi connectivity index (χ3v) is 4.28. The van der Waals surface area contributed by atoms with Gasteiger partial charge in [0.25, 0.3) is 11.8 Å². The molecule has 1 fully saturated rings. The van der Waals surface area contributed by atoms with E-state index in [2.05, 4.69) is 0 Å². The van der Waals surface area contributed by atoms with Crippen LogP contribution in [-0.4, -0.2) is 34.0 Å². The van der Waals surface area contributed by atoms with E-state index in [-0.39, 0.29) is 18.4 Å². The molecule has 4 heteroatoms. The van der Waals surface area contributed by atoms with Crippen molar-refractivity contribution in [3.05, 3.63) is 34.4 Å². The lowest BCUT2D eigenvalue weighted by molar-refractivity contribution is -0.0486. The maximum atomic E-state index is 12.4. The predicted molar refractivity (Wildman–Crippen MR) is 70.1 cm³/mol. The summed E-state index contributed by atoms with van der Waals surface area (Å²) in [7, 11) is 0. The zero-order valence-electron chi connectivity index (χ0n) is 11.2. The molecule has 1 saturated carbocycles. The average molecular weight is 259 g/mol. The molecule has 0 spiro atoms. The van der Waals surface area contributed by atoms with Crippen molar-refractivity contribution in [2.24, 2.45) is 0 Å². The molecule has 100 valence electrons. The highest BCUT2D eigenvalue weighted by Gasteiger charge is 2.44. The maximum Gasteiger partial charge on any atom is 0.261 e. The molecule has 0 atom stereocenters. The first kappa shape index (κ1) is 12.4. The van der Waals surface area contributed by atoms with E-state index in [0.717, 1.165) is 17.5 Å². The van der Waals surface area contributed by atoms with Crippen molar-refractivity contribution in [1.29, 1.82) is 0 Å². The zero-order valence-corrected chi connectivity index (χ0v) is 11.2. The second kappa shape index (κ2) is 3.90. The number of benzene rings is 1. The standard InChI is InChI=1S/C15H17NO3/c1-9-4-5-10(2)12-11(9)13(17)16(14(12)18)8-15(19)6-3-7-15/h4-5,19H,3,6-8H2,1-2H3. The molecule has 19 heavy (non-hydrogen) atoms. The number of rotatable bonds is 2. The molecule has 0 aromatic heterocycles. The van der Waals surface area contributed by atoms with Gasteiger partial charge >= 0.3 is 0 Å². The second-order valence-corrected chi connectivity index (χ2v) is 5.72. The van der Waals surface area contributed by atoms with Crippen molar-refractivity contribution in [3.63, 3.8) is 0 Å². The van der Waals surface area contributed by atoms with Crippen LogP contribution in [0.25, 0.3) is 0 Å². The lowest BCUT2D eigenvalue weighted by atomic mass is 9.80. The van der Waals surface area contributed by atoms with Crippen LogP contribution >= 0.6 is 0 Å². The summed E-state index contributed by atoms with van der Waals surface area (Å²) in [6.45, 7) is 3.80. The Labute approximate surface area is 112 Å². The molecule has 1 heterocycles. The van der Waals surface area contributed by atoms with E-state index in [1.54, 1.807) is 0 Å². The fourth-order valence-corrected chi connectivity index (χ4v) is 2.91. The van der Waals surface area contributed by atoms with Gasteiger partial charge in [-0.2, -0.15) is 0 Å². The summed E-state index contributed by atoms with van der Waals surface area (Å²) in [6, 6.07) is 3.72. The molecule has 1 aromatic carbocycles. The number of nitrogens with zero attached hydrogens (tertiary/aromatic N) is 1. The smallest absolute Gasteiger partial charge is 0.261 e. The number of fused-ring (bicyclic) bond motifs is 1. The molecule has 0 radical (unpaired) electrons. The molecule has 3 rings (SSSR count). The summed E-state index contributed by atoms with van der Waals surface area (Å²) in [5.41, 5.74) is 1.79. The van der Waals surface area contributed by atoms with E-state index in [0.29, 0.717) is 24.0 Å². The number of aliphatic hydroxyl groups is 1. The van der Waals surface area contributed by atoms with Gasteiger partial charge in [0.05, 0.1) is 23.3 Å². The number of amides is 2. The Balaban J connectivity index is 2.00. The maximum absolute atomic E-state index is 12.4. The van der Waals surface area contributed by atoms with Crippen LogP contribution in [0.5, 0.6) is 0 Å². The van der Waals surface area contributed by atoms with Gasteiger partial charge in [-0.1, -0.05) is 12.1 Å². The SMILES string of the molecule is Cc1ccc(C)c2c1C(=O)N(CC1(O)CCC1)C2=O. The Morgan fingerprint density at radius 1 is 1.11 bits per heavy atom. The van der Waals surface area contributed by atoms with Crippen LogP contribution in [0.3, 0.4) is 0 Å². The van der Waals surface area contributed by atoms with Gasteiger partial charge in [-0.3, -0.25) is 14.5 Å². The Morgan fingerprint density at radius 3 is 1.95 bits per heavy atom. The van der Waals surface area contributed by atoms with Crippen LogP contribution < -0.4 is 0 Å². The molecule has 2 amide bonds. The third kappa shape index (κ3) is 1.70. The molecule has 1 aliphatic heterocycles. The predicted octanol–water partition coefficient (Wildman–Crippen LogP) is 1.81. The summed E-state index contributed by atoms with van der Waals surface area (Å²) in [5, 5.41) is 10.2. The number of β-amino-alcohol motifs (C(OH)–C–C–N with tert-alkyl or cyclic N) is 1. The first-order valence-electron chi connectivity index (χ1n) is 6.62. The fourth-order valence-electron chi connectivity index (χ4n) is 2.91. The molecule has 1 aromatic rings. The van der Waals surface area contributed by atoms with Gasteiger partial charge in [0.2, 0.25) is 0 Å². The number of hydrogen-bond acceptors (Lipinski definition) is 3. The molecular weight excluding hydrogens is 242 g/mol. The van der Waals surface area contributed by atoms with Crippen molar-refractivity contribution in [3.8, 4) is 0 Å². The normalized spacial score (nSPS) is 20.5. The van der Waals surface area contributed by atoms with Crippen LogP contribution in [0.1, 0.15) is 51.1 Å². The summed E-state index contributed by atoms with van der Waals surface area (Å²) in [6.07, 6.45) is 2.29. The highest BCUT2D eigenvalue weighted by molar-refractivity contribution is 6.22. The van der Waals surface area contributed by atoms with Crippen LogP contribution in [0.4, 0.5) is 0 Å². The molecule has 2 aliphatic rings. The topological polar surface area (TPSA) is 57.6 Å². The number of hydrogen-bond donors (Lipinski definition) is 1. The average Bonchev–Trinajstić information content (AvgIpc) is 2.58. The zero-order chi connectivity index (χ0) is 13.8. The first-order chi connectivity index (χ1) is 8.93. The lowest BCUT2D eigenvalue weighted by Crippen LogP contribution is -2.49. The van der Waals surface area contributed by atoms with Crippen molar-refractivity contribution in [2.75, 3.05) is 6.54 Å². The number of carbonyl (C=O) groups excluding carboxylic acids is 2. The first-order valence-corrected chi connectivity index (χ1v) is 6.62. The minimum absolute atomic E-state index is 0.123. The molecule has 0 saturated heterocycles. The molecular formula is C15H17NO3. The number of aryl methyl sites for hydroxylation is 2. The Bertz CT molecular complexity index is 546. The van der Waals surface area contributed by atoms with Gasteiger partial charge in [0.15, 0.2) is 0 Å². The van der Waals surface area contributed by atoms with Crippen LogP contribution in [0, 0.1) is 13.8 Å². The Kier molecular flexibility index (Phi) is 2.54. The molecule has 1 aliphatic carbocycles. The highest BCUT2D eigenvalue weighted by Crippen LogP contribution is 2.36. The van der Waals surface area contributed by atoms with Crippen molar-refractivity contribution in [2.45, 2.75) is 38.7 Å². The van der Waals surface area contributed by atoms with E-state index < -0.39 is 5.60 Å². The Hall–Kier alpha value is -1.68.